The second-order valence-electron chi connectivity index (χ2n) is 3.36. The molecule has 0 aromatic heterocycles. The summed E-state index contributed by atoms with van der Waals surface area (Å²) in [5, 5.41) is 20.7. The van der Waals surface area contributed by atoms with E-state index < -0.39 is 11.9 Å². The van der Waals surface area contributed by atoms with Crippen molar-refractivity contribution in [2.75, 3.05) is 0 Å². The van der Waals surface area contributed by atoms with Crippen molar-refractivity contribution in [1.82, 2.24) is 0 Å². The quantitative estimate of drug-likeness (QED) is 0.450. The van der Waals surface area contributed by atoms with E-state index in [1.54, 1.807) is 19.1 Å². The molecule has 0 saturated carbocycles. The summed E-state index contributed by atoms with van der Waals surface area (Å²) in [5.41, 5.74) is 1.14. The Morgan fingerprint density at radius 2 is 2.00 bits per heavy atom. The van der Waals surface area contributed by atoms with E-state index in [1.165, 1.54) is 0 Å². The molecule has 2 N–H and O–H groups in total. The van der Waals surface area contributed by atoms with Gasteiger partial charge in [0.25, 0.3) is 0 Å². The van der Waals surface area contributed by atoms with Gasteiger partial charge < -0.3 is 10.3 Å². The number of carbonyl (C=O) groups is 1. The first-order chi connectivity index (χ1) is 7.15. The molecule has 0 radical (unpaired) electrons. The van der Waals surface area contributed by atoms with Crippen LogP contribution in [0.4, 0.5) is 0 Å². The molecule has 0 fully saturated rings. The van der Waals surface area contributed by atoms with Crippen LogP contribution in [0.15, 0.2) is 35.5 Å². The Labute approximate surface area is 87.9 Å². The number of hydrogen-bond donors (Lipinski definition) is 2. The minimum Gasteiger partial charge on any atom is -0.481 e. The van der Waals surface area contributed by atoms with Gasteiger partial charge in [0.2, 0.25) is 0 Å². The highest BCUT2D eigenvalue weighted by Crippen LogP contribution is 2.10. The lowest BCUT2D eigenvalue weighted by molar-refractivity contribution is -0.140. The Morgan fingerprint density at radius 1 is 1.40 bits per heavy atom. The predicted octanol–water partition coefficient (Wildman–Crippen LogP) is 1.98. The molecule has 1 atom stereocenters. The van der Waals surface area contributed by atoms with Gasteiger partial charge >= 0.3 is 5.97 Å². The molecular weight excluding hydrogens is 194 g/mol. The van der Waals surface area contributed by atoms with Crippen molar-refractivity contribution in [2.24, 2.45) is 11.1 Å². The van der Waals surface area contributed by atoms with E-state index in [4.69, 9.17) is 10.3 Å². The summed E-state index contributed by atoms with van der Waals surface area (Å²) >= 11 is 0. The van der Waals surface area contributed by atoms with E-state index in [9.17, 15) is 4.79 Å². The fourth-order valence-electron chi connectivity index (χ4n) is 1.22. The molecule has 1 unspecified atom stereocenters. The van der Waals surface area contributed by atoms with Crippen molar-refractivity contribution >= 4 is 11.7 Å². The number of carboxylic acid groups (broad SMARTS) is 1. The van der Waals surface area contributed by atoms with Gasteiger partial charge in [0.15, 0.2) is 0 Å². The fraction of sp³-hybridized carbons (Fsp3) is 0.273. The van der Waals surface area contributed by atoms with E-state index in [1.807, 2.05) is 18.2 Å². The first-order valence-corrected chi connectivity index (χ1v) is 4.64. The summed E-state index contributed by atoms with van der Waals surface area (Å²) in [6.45, 7) is 1.58. The smallest absolute Gasteiger partial charge is 0.306 e. The van der Waals surface area contributed by atoms with Gasteiger partial charge in [-0.2, -0.15) is 0 Å². The zero-order valence-electron chi connectivity index (χ0n) is 8.42. The number of oxime groups is 1. The van der Waals surface area contributed by atoms with Gasteiger partial charge in [0.1, 0.15) is 0 Å². The van der Waals surface area contributed by atoms with Gasteiger partial charge in [0.05, 0.1) is 11.6 Å². The van der Waals surface area contributed by atoms with Crippen LogP contribution in [-0.4, -0.2) is 22.0 Å². The Kier molecular flexibility index (Phi) is 3.85. The summed E-state index contributed by atoms with van der Waals surface area (Å²) in [4.78, 5) is 10.6. The summed E-state index contributed by atoms with van der Waals surface area (Å²) in [7, 11) is 0. The molecule has 0 heterocycles. The normalized spacial score (nSPS) is 13.5. The topological polar surface area (TPSA) is 69.9 Å². The standard InChI is InChI=1S/C11H13NO3/c1-8(11(13)14)7-10(12-15)9-5-3-2-4-6-9/h2-6,8,15H,7H2,1H3,(H,13,14). The first kappa shape index (κ1) is 11.2. The molecule has 0 bridgehead atoms. The highest BCUT2D eigenvalue weighted by atomic mass is 16.4. The molecule has 0 aliphatic heterocycles. The molecule has 1 aromatic carbocycles. The van der Waals surface area contributed by atoms with Crippen molar-refractivity contribution in [3.63, 3.8) is 0 Å². The number of aliphatic carboxylic acids is 1. The summed E-state index contributed by atoms with van der Waals surface area (Å²) in [6.07, 6.45) is 0.218. The first-order valence-electron chi connectivity index (χ1n) is 4.64. The van der Waals surface area contributed by atoms with Gasteiger partial charge in [-0.05, 0) is 5.56 Å². The highest BCUT2D eigenvalue weighted by Gasteiger charge is 2.15. The van der Waals surface area contributed by atoms with Crippen LogP contribution in [-0.2, 0) is 4.79 Å². The van der Waals surface area contributed by atoms with Crippen LogP contribution >= 0.6 is 0 Å². The van der Waals surface area contributed by atoms with Gasteiger partial charge in [-0.25, -0.2) is 0 Å². The molecule has 0 aliphatic rings. The average molecular weight is 207 g/mol. The van der Waals surface area contributed by atoms with Crippen LogP contribution in [0.2, 0.25) is 0 Å². The fourth-order valence-corrected chi connectivity index (χ4v) is 1.22. The molecule has 0 aliphatic carbocycles. The second kappa shape index (κ2) is 5.14. The maximum Gasteiger partial charge on any atom is 0.306 e. The monoisotopic (exact) mass is 207 g/mol. The van der Waals surface area contributed by atoms with E-state index in [-0.39, 0.29) is 6.42 Å². The molecule has 80 valence electrons. The number of benzene rings is 1. The third-order valence-corrected chi connectivity index (χ3v) is 2.15. The lowest BCUT2D eigenvalue weighted by Crippen LogP contribution is -2.15. The number of rotatable bonds is 4. The Hall–Kier alpha value is -1.84. The van der Waals surface area contributed by atoms with Gasteiger partial charge in [-0.1, -0.05) is 42.4 Å². The van der Waals surface area contributed by atoms with Gasteiger partial charge in [0, 0.05) is 6.42 Å². The third kappa shape index (κ3) is 3.09. The lowest BCUT2D eigenvalue weighted by atomic mass is 9.99. The van der Waals surface area contributed by atoms with Crippen molar-refractivity contribution in [1.29, 1.82) is 0 Å². The Morgan fingerprint density at radius 3 is 2.47 bits per heavy atom. The van der Waals surface area contributed by atoms with E-state index >= 15 is 0 Å². The van der Waals surface area contributed by atoms with Crippen molar-refractivity contribution in [3.05, 3.63) is 35.9 Å². The maximum absolute atomic E-state index is 10.6. The van der Waals surface area contributed by atoms with E-state index in [0.29, 0.717) is 5.71 Å². The van der Waals surface area contributed by atoms with Crippen LogP contribution in [0, 0.1) is 5.92 Å². The predicted molar refractivity (Wildman–Crippen MR) is 56.2 cm³/mol. The minimum absolute atomic E-state index is 0.218. The van der Waals surface area contributed by atoms with Crippen LogP contribution in [0.3, 0.4) is 0 Å². The molecule has 0 amide bonds. The van der Waals surface area contributed by atoms with Gasteiger partial charge in [-0.15, -0.1) is 0 Å². The molecule has 4 nitrogen and oxygen atoms in total. The maximum atomic E-state index is 10.6. The molecule has 1 aromatic rings. The third-order valence-electron chi connectivity index (χ3n) is 2.15. The van der Waals surface area contributed by atoms with E-state index in [2.05, 4.69) is 5.16 Å². The summed E-state index contributed by atoms with van der Waals surface area (Å²) < 4.78 is 0. The zero-order chi connectivity index (χ0) is 11.3. The molecule has 0 spiro atoms. The lowest BCUT2D eigenvalue weighted by Gasteiger charge is -2.07. The second-order valence-corrected chi connectivity index (χ2v) is 3.36. The van der Waals surface area contributed by atoms with Crippen LogP contribution in [0.5, 0.6) is 0 Å². The largest absolute Gasteiger partial charge is 0.481 e. The van der Waals surface area contributed by atoms with Crippen LogP contribution in [0.25, 0.3) is 0 Å². The summed E-state index contributed by atoms with van der Waals surface area (Å²) in [5.74, 6) is -1.46. The average Bonchev–Trinajstić information content (AvgIpc) is 2.26. The molecular formula is C11H13NO3. The number of hydrogen-bond acceptors (Lipinski definition) is 3. The SMILES string of the molecule is CC(CC(=NO)c1ccccc1)C(=O)O. The molecule has 0 saturated heterocycles. The molecule has 1 rings (SSSR count). The number of carboxylic acids is 1. The van der Waals surface area contributed by atoms with Crippen LogP contribution < -0.4 is 0 Å². The molecule has 15 heavy (non-hydrogen) atoms. The van der Waals surface area contributed by atoms with Crippen LogP contribution in [0.1, 0.15) is 18.9 Å². The summed E-state index contributed by atoms with van der Waals surface area (Å²) in [6, 6.07) is 9.03. The molecule has 4 heteroatoms. The zero-order valence-corrected chi connectivity index (χ0v) is 8.42. The Bertz CT molecular complexity index is 359. The van der Waals surface area contributed by atoms with E-state index in [0.717, 1.165) is 5.56 Å². The number of nitrogens with zero attached hydrogens (tertiary/aromatic N) is 1. The van der Waals surface area contributed by atoms with Crippen molar-refractivity contribution in [2.45, 2.75) is 13.3 Å². The minimum atomic E-state index is -0.896. The Balaban J connectivity index is 2.79. The van der Waals surface area contributed by atoms with Crippen molar-refractivity contribution in [3.8, 4) is 0 Å². The van der Waals surface area contributed by atoms with Gasteiger partial charge in [-0.3, -0.25) is 4.79 Å². The highest BCUT2D eigenvalue weighted by molar-refractivity contribution is 6.01. The van der Waals surface area contributed by atoms with Crippen molar-refractivity contribution < 1.29 is 15.1 Å².